The van der Waals surface area contributed by atoms with E-state index in [1.54, 1.807) is 30.9 Å². The molecule has 0 saturated heterocycles. The highest BCUT2D eigenvalue weighted by Gasteiger charge is 2.44. The minimum atomic E-state index is -0.156. The first-order valence-corrected chi connectivity index (χ1v) is 8.29. The zero-order valence-corrected chi connectivity index (χ0v) is 15.6. The molecule has 0 heterocycles. The number of halogens is 2. The fourth-order valence-corrected chi connectivity index (χ4v) is 2.59. The summed E-state index contributed by atoms with van der Waals surface area (Å²) < 4.78 is 13.3. The maximum absolute atomic E-state index is 13.3. The standard InChI is InChI=1S/C15H22FN3S.HI/c1-17-14(18-8-9-20-2)19-11-15(6-7-15)12-4-3-5-13(16)10-12;/h3-5,10H,6-9,11H2,1-2H3,(H2,17,18,19);1H. The second-order valence-corrected chi connectivity index (χ2v) is 6.12. The van der Waals surface area contributed by atoms with Crippen molar-refractivity contribution in [1.82, 2.24) is 10.6 Å². The Bertz CT molecular complexity index is 478. The number of thioether (sulfide) groups is 1. The first-order valence-electron chi connectivity index (χ1n) is 6.90. The highest BCUT2D eigenvalue weighted by Crippen LogP contribution is 2.47. The molecule has 0 atom stereocenters. The van der Waals surface area contributed by atoms with Crippen LogP contribution >= 0.6 is 35.7 Å². The molecule has 1 aliphatic rings. The predicted octanol–water partition coefficient (Wildman–Crippen LogP) is 3.00. The number of nitrogens with one attached hydrogen (secondary N) is 2. The third kappa shape index (κ3) is 5.32. The molecule has 0 amide bonds. The van der Waals surface area contributed by atoms with Gasteiger partial charge in [-0.3, -0.25) is 4.99 Å². The summed E-state index contributed by atoms with van der Waals surface area (Å²) in [6.07, 6.45) is 4.29. The molecule has 1 aromatic rings. The number of hydrogen-bond acceptors (Lipinski definition) is 2. The van der Waals surface area contributed by atoms with Gasteiger partial charge < -0.3 is 10.6 Å². The van der Waals surface area contributed by atoms with Crippen LogP contribution in [0.5, 0.6) is 0 Å². The van der Waals surface area contributed by atoms with Crippen molar-refractivity contribution in [3.8, 4) is 0 Å². The molecule has 2 rings (SSSR count). The van der Waals surface area contributed by atoms with Crippen LogP contribution in [0.25, 0.3) is 0 Å². The molecular weight excluding hydrogens is 400 g/mol. The minimum Gasteiger partial charge on any atom is -0.356 e. The van der Waals surface area contributed by atoms with Gasteiger partial charge in [-0.25, -0.2) is 4.39 Å². The van der Waals surface area contributed by atoms with Crippen molar-refractivity contribution in [3.05, 3.63) is 35.6 Å². The Morgan fingerprint density at radius 3 is 2.71 bits per heavy atom. The van der Waals surface area contributed by atoms with Gasteiger partial charge >= 0.3 is 0 Å². The number of rotatable bonds is 6. The van der Waals surface area contributed by atoms with Crippen molar-refractivity contribution in [2.45, 2.75) is 18.3 Å². The van der Waals surface area contributed by atoms with E-state index in [9.17, 15) is 4.39 Å². The third-order valence-corrected chi connectivity index (χ3v) is 4.32. The van der Waals surface area contributed by atoms with Gasteiger partial charge in [-0.1, -0.05) is 12.1 Å². The molecule has 0 aliphatic heterocycles. The molecule has 0 bridgehead atoms. The molecule has 0 spiro atoms. The highest BCUT2D eigenvalue weighted by atomic mass is 127. The summed E-state index contributed by atoms with van der Waals surface area (Å²) in [6, 6.07) is 6.95. The van der Waals surface area contributed by atoms with Gasteiger partial charge in [0.25, 0.3) is 0 Å². The molecule has 0 radical (unpaired) electrons. The molecule has 1 aliphatic carbocycles. The Morgan fingerprint density at radius 1 is 1.38 bits per heavy atom. The van der Waals surface area contributed by atoms with Crippen LogP contribution in [0.2, 0.25) is 0 Å². The molecule has 1 fully saturated rings. The fraction of sp³-hybridized carbons (Fsp3) is 0.533. The van der Waals surface area contributed by atoms with E-state index in [0.29, 0.717) is 0 Å². The lowest BCUT2D eigenvalue weighted by atomic mass is 9.96. The van der Waals surface area contributed by atoms with Crippen LogP contribution in [-0.2, 0) is 5.41 Å². The van der Waals surface area contributed by atoms with Crippen LogP contribution < -0.4 is 10.6 Å². The Morgan fingerprint density at radius 2 is 2.14 bits per heavy atom. The van der Waals surface area contributed by atoms with E-state index >= 15 is 0 Å². The first kappa shape index (κ1) is 18.5. The zero-order valence-electron chi connectivity index (χ0n) is 12.5. The van der Waals surface area contributed by atoms with Crippen LogP contribution in [-0.4, -0.2) is 38.1 Å². The van der Waals surface area contributed by atoms with Gasteiger partial charge in [-0.15, -0.1) is 24.0 Å². The van der Waals surface area contributed by atoms with Gasteiger partial charge in [-0.05, 0) is 36.8 Å². The average molecular weight is 423 g/mol. The van der Waals surface area contributed by atoms with Crippen LogP contribution in [0.15, 0.2) is 29.3 Å². The van der Waals surface area contributed by atoms with E-state index in [1.807, 2.05) is 6.07 Å². The maximum Gasteiger partial charge on any atom is 0.191 e. The fourth-order valence-electron chi connectivity index (χ4n) is 2.28. The summed E-state index contributed by atoms with van der Waals surface area (Å²) in [5.41, 5.74) is 1.17. The average Bonchev–Trinajstić information content (AvgIpc) is 3.24. The van der Waals surface area contributed by atoms with Crippen molar-refractivity contribution >= 4 is 41.7 Å². The number of nitrogens with zero attached hydrogens (tertiary/aromatic N) is 1. The molecule has 118 valence electrons. The van der Waals surface area contributed by atoms with E-state index in [0.717, 1.165) is 43.2 Å². The van der Waals surface area contributed by atoms with Gasteiger partial charge in [0, 0.05) is 31.3 Å². The molecule has 2 N–H and O–H groups in total. The minimum absolute atomic E-state index is 0. The normalized spacial score (nSPS) is 16.0. The second-order valence-electron chi connectivity index (χ2n) is 5.14. The number of benzene rings is 1. The van der Waals surface area contributed by atoms with E-state index in [2.05, 4.69) is 21.9 Å². The lowest BCUT2D eigenvalue weighted by Gasteiger charge is -2.19. The lowest BCUT2D eigenvalue weighted by molar-refractivity contribution is 0.607. The molecule has 0 aromatic heterocycles. The van der Waals surface area contributed by atoms with Gasteiger partial charge in [0.15, 0.2) is 5.96 Å². The quantitative estimate of drug-likeness (QED) is 0.320. The van der Waals surface area contributed by atoms with E-state index in [-0.39, 0.29) is 35.2 Å². The molecule has 21 heavy (non-hydrogen) atoms. The van der Waals surface area contributed by atoms with Crippen molar-refractivity contribution in [3.63, 3.8) is 0 Å². The van der Waals surface area contributed by atoms with Gasteiger partial charge in [0.05, 0.1) is 0 Å². The molecule has 3 nitrogen and oxygen atoms in total. The van der Waals surface area contributed by atoms with Crippen LogP contribution in [0.4, 0.5) is 4.39 Å². The SMILES string of the molecule is CN=C(NCCSC)NCC1(c2cccc(F)c2)CC1.I. The molecule has 0 unspecified atom stereocenters. The molecule has 6 heteroatoms. The zero-order chi connectivity index (χ0) is 14.4. The molecule has 1 aromatic carbocycles. The Labute approximate surface area is 147 Å². The maximum atomic E-state index is 13.3. The summed E-state index contributed by atoms with van der Waals surface area (Å²) in [5, 5.41) is 6.63. The summed E-state index contributed by atoms with van der Waals surface area (Å²) >= 11 is 1.80. The van der Waals surface area contributed by atoms with Crippen molar-refractivity contribution in [1.29, 1.82) is 0 Å². The van der Waals surface area contributed by atoms with Crippen molar-refractivity contribution in [2.24, 2.45) is 4.99 Å². The summed E-state index contributed by atoms with van der Waals surface area (Å²) in [6.45, 7) is 1.70. The molecule has 1 saturated carbocycles. The summed E-state index contributed by atoms with van der Waals surface area (Å²) in [4.78, 5) is 4.21. The lowest BCUT2D eigenvalue weighted by Crippen LogP contribution is -2.42. The van der Waals surface area contributed by atoms with Gasteiger partial charge in [0.2, 0.25) is 0 Å². The first-order chi connectivity index (χ1) is 9.70. The topological polar surface area (TPSA) is 36.4 Å². The Balaban J connectivity index is 0.00000220. The van der Waals surface area contributed by atoms with Crippen molar-refractivity contribution < 1.29 is 4.39 Å². The number of aliphatic imine (C=N–C) groups is 1. The van der Waals surface area contributed by atoms with E-state index in [1.165, 1.54) is 6.07 Å². The predicted molar refractivity (Wildman–Crippen MR) is 100 cm³/mol. The van der Waals surface area contributed by atoms with E-state index < -0.39 is 0 Å². The van der Waals surface area contributed by atoms with Crippen molar-refractivity contribution in [2.75, 3.05) is 32.1 Å². The summed E-state index contributed by atoms with van der Waals surface area (Å²) in [7, 11) is 1.77. The largest absolute Gasteiger partial charge is 0.356 e. The Kier molecular flexibility index (Phi) is 7.79. The monoisotopic (exact) mass is 423 g/mol. The number of hydrogen-bond donors (Lipinski definition) is 2. The van der Waals surface area contributed by atoms with Crippen LogP contribution in [0.3, 0.4) is 0 Å². The summed E-state index contributed by atoms with van der Waals surface area (Å²) in [5.74, 6) is 1.72. The van der Waals surface area contributed by atoms with Gasteiger partial charge in [0.1, 0.15) is 5.82 Å². The van der Waals surface area contributed by atoms with Crippen LogP contribution in [0.1, 0.15) is 18.4 Å². The molecular formula is C15H23FIN3S. The van der Waals surface area contributed by atoms with E-state index in [4.69, 9.17) is 0 Å². The highest BCUT2D eigenvalue weighted by molar-refractivity contribution is 14.0. The van der Waals surface area contributed by atoms with Gasteiger partial charge in [-0.2, -0.15) is 11.8 Å². The smallest absolute Gasteiger partial charge is 0.191 e. The third-order valence-electron chi connectivity index (χ3n) is 3.71. The van der Waals surface area contributed by atoms with Crippen LogP contribution in [0, 0.1) is 5.82 Å². The number of guanidine groups is 1. The Hall–Kier alpha value is -0.500. The second kappa shape index (κ2) is 8.82.